The zero-order valence-corrected chi connectivity index (χ0v) is 12.8. The Morgan fingerprint density at radius 2 is 2.15 bits per heavy atom. The summed E-state index contributed by atoms with van der Waals surface area (Å²) in [7, 11) is 0. The summed E-state index contributed by atoms with van der Waals surface area (Å²) in [5, 5.41) is 12.7. The first kappa shape index (κ1) is 15.0. The molecule has 0 unspecified atom stereocenters. The summed E-state index contributed by atoms with van der Waals surface area (Å²) in [6.07, 6.45) is 5.09. The van der Waals surface area contributed by atoms with E-state index in [1.807, 2.05) is 0 Å². The Kier molecular flexibility index (Phi) is 5.17. The Balaban J connectivity index is 2.34. The number of aliphatic hydroxyl groups is 1. The van der Waals surface area contributed by atoms with E-state index in [0.717, 1.165) is 24.6 Å². The van der Waals surface area contributed by atoms with Gasteiger partial charge in [0.1, 0.15) is 18.0 Å². The van der Waals surface area contributed by atoms with Crippen LogP contribution in [-0.2, 0) is 0 Å². The summed E-state index contributed by atoms with van der Waals surface area (Å²) in [4.78, 5) is 11.2. The van der Waals surface area contributed by atoms with E-state index in [-0.39, 0.29) is 6.61 Å². The van der Waals surface area contributed by atoms with E-state index >= 15 is 0 Å². The maximum atomic E-state index is 9.31. The molecule has 1 fully saturated rings. The van der Waals surface area contributed by atoms with Gasteiger partial charge in [0.2, 0.25) is 0 Å². The first-order valence-electron chi connectivity index (χ1n) is 7.65. The van der Waals surface area contributed by atoms with Crippen molar-refractivity contribution in [2.75, 3.05) is 29.9 Å². The number of anilines is 2. The van der Waals surface area contributed by atoms with Crippen LogP contribution < -0.4 is 10.2 Å². The highest BCUT2D eigenvalue weighted by molar-refractivity contribution is 5.61. The quantitative estimate of drug-likeness (QED) is 0.764. The predicted octanol–water partition coefficient (Wildman–Crippen LogP) is 2.38. The van der Waals surface area contributed by atoms with Crippen LogP contribution in [0, 0.1) is 0 Å². The maximum absolute atomic E-state index is 9.31. The van der Waals surface area contributed by atoms with Crippen LogP contribution in [0.4, 0.5) is 11.6 Å². The van der Waals surface area contributed by atoms with Crippen LogP contribution in [0.3, 0.4) is 0 Å². The van der Waals surface area contributed by atoms with E-state index in [2.05, 4.69) is 41.0 Å². The molecule has 0 bridgehead atoms. The molecule has 1 aromatic heterocycles. The van der Waals surface area contributed by atoms with Gasteiger partial charge >= 0.3 is 0 Å². The average Bonchev–Trinajstić information content (AvgIpc) is 3.26. The van der Waals surface area contributed by atoms with Crippen LogP contribution >= 0.6 is 0 Å². The number of aromatic nitrogens is 2. The Morgan fingerprint density at radius 1 is 1.40 bits per heavy atom. The first-order chi connectivity index (χ1) is 9.69. The van der Waals surface area contributed by atoms with Crippen molar-refractivity contribution in [3.05, 3.63) is 11.9 Å². The van der Waals surface area contributed by atoms with E-state index in [1.54, 1.807) is 6.33 Å². The lowest BCUT2D eigenvalue weighted by molar-refractivity contribution is 0.301. The smallest absolute Gasteiger partial charge is 0.137 e. The standard InChI is InChI=1S/C15H26N4O/c1-4-7-16-14-13(11(2)3)15(18-10-17-14)19(8-9-20)12-5-6-12/h10-12,20H,4-9H2,1-3H3,(H,16,17,18). The minimum absolute atomic E-state index is 0.162. The molecule has 0 radical (unpaired) electrons. The molecule has 0 saturated heterocycles. The van der Waals surface area contributed by atoms with Crippen LogP contribution in [0.1, 0.15) is 51.5 Å². The summed E-state index contributed by atoms with van der Waals surface area (Å²) in [6, 6.07) is 0.536. The van der Waals surface area contributed by atoms with Gasteiger partial charge in [-0.15, -0.1) is 0 Å². The van der Waals surface area contributed by atoms with Crippen LogP contribution in [0.5, 0.6) is 0 Å². The third-order valence-electron chi connectivity index (χ3n) is 3.58. The van der Waals surface area contributed by atoms with Crippen molar-refractivity contribution in [3.8, 4) is 0 Å². The molecule has 1 aliphatic carbocycles. The van der Waals surface area contributed by atoms with Gasteiger partial charge < -0.3 is 15.3 Å². The molecule has 0 spiro atoms. The van der Waals surface area contributed by atoms with Crippen LogP contribution in [0.2, 0.25) is 0 Å². The van der Waals surface area contributed by atoms with Crippen LogP contribution in [0.15, 0.2) is 6.33 Å². The Morgan fingerprint density at radius 3 is 2.70 bits per heavy atom. The predicted molar refractivity (Wildman–Crippen MR) is 82.4 cm³/mol. The number of hydrogen-bond acceptors (Lipinski definition) is 5. The SMILES string of the molecule is CCCNc1ncnc(N(CCO)C2CC2)c1C(C)C. The molecule has 1 heterocycles. The molecule has 0 aromatic carbocycles. The lowest BCUT2D eigenvalue weighted by atomic mass is 10.0. The number of nitrogens with zero attached hydrogens (tertiary/aromatic N) is 3. The summed E-state index contributed by atoms with van der Waals surface area (Å²) >= 11 is 0. The highest BCUT2D eigenvalue weighted by Crippen LogP contribution is 2.36. The summed E-state index contributed by atoms with van der Waals surface area (Å²) in [5.74, 6) is 2.28. The second-order valence-electron chi connectivity index (χ2n) is 5.69. The largest absolute Gasteiger partial charge is 0.395 e. The van der Waals surface area contributed by atoms with E-state index in [0.29, 0.717) is 18.5 Å². The molecular formula is C15H26N4O. The molecule has 1 aromatic rings. The fourth-order valence-electron chi connectivity index (χ4n) is 2.49. The summed E-state index contributed by atoms with van der Waals surface area (Å²) < 4.78 is 0. The van der Waals surface area contributed by atoms with E-state index < -0.39 is 0 Å². The fraction of sp³-hybridized carbons (Fsp3) is 0.733. The van der Waals surface area contributed by atoms with Crippen LogP contribution in [-0.4, -0.2) is 40.8 Å². The van der Waals surface area contributed by atoms with E-state index in [1.165, 1.54) is 18.4 Å². The van der Waals surface area contributed by atoms with Gasteiger partial charge in [-0.25, -0.2) is 9.97 Å². The minimum Gasteiger partial charge on any atom is -0.395 e. The molecule has 1 aliphatic rings. The molecule has 0 amide bonds. The van der Waals surface area contributed by atoms with Gasteiger partial charge in [0.25, 0.3) is 0 Å². The molecule has 2 N–H and O–H groups in total. The lowest BCUT2D eigenvalue weighted by Gasteiger charge is -2.27. The van der Waals surface area contributed by atoms with Gasteiger partial charge in [0.15, 0.2) is 0 Å². The molecule has 112 valence electrons. The molecule has 1 saturated carbocycles. The monoisotopic (exact) mass is 278 g/mol. The van der Waals surface area contributed by atoms with Crippen molar-refractivity contribution >= 4 is 11.6 Å². The normalized spacial score (nSPS) is 14.7. The van der Waals surface area contributed by atoms with Gasteiger partial charge in [-0.3, -0.25) is 0 Å². The van der Waals surface area contributed by atoms with Gasteiger partial charge in [-0.05, 0) is 25.2 Å². The van der Waals surface area contributed by atoms with Crippen molar-refractivity contribution in [1.82, 2.24) is 9.97 Å². The molecule has 5 nitrogen and oxygen atoms in total. The van der Waals surface area contributed by atoms with Crippen molar-refractivity contribution in [2.24, 2.45) is 0 Å². The molecule has 2 rings (SSSR count). The summed E-state index contributed by atoms with van der Waals surface area (Å²) in [5.41, 5.74) is 1.17. The van der Waals surface area contributed by atoms with Gasteiger partial charge in [-0.2, -0.15) is 0 Å². The average molecular weight is 278 g/mol. The molecular weight excluding hydrogens is 252 g/mol. The highest BCUT2D eigenvalue weighted by atomic mass is 16.3. The van der Waals surface area contributed by atoms with Gasteiger partial charge in [0, 0.05) is 24.7 Å². The third kappa shape index (κ3) is 3.39. The second kappa shape index (κ2) is 6.88. The minimum atomic E-state index is 0.162. The van der Waals surface area contributed by atoms with Gasteiger partial charge in [-0.1, -0.05) is 20.8 Å². The lowest BCUT2D eigenvalue weighted by Crippen LogP contribution is -2.31. The Hall–Kier alpha value is -1.36. The third-order valence-corrected chi connectivity index (χ3v) is 3.58. The van der Waals surface area contributed by atoms with Crippen molar-refractivity contribution in [1.29, 1.82) is 0 Å². The summed E-state index contributed by atoms with van der Waals surface area (Å²) in [6.45, 7) is 8.21. The fourth-order valence-corrected chi connectivity index (χ4v) is 2.49. The van der Waals surface area contributed by atoms with Crippen molar-refractivity contribution in [3.63, 3.8) is 0 Å². The van der Waals surface area contributed by atoms with E-state index in [9.17, 15) is 5.11 Å². The first-order valence-corrected chi connectivity index (χ1v) is 7.65. The topological polar surface area (TPSA) is 61.3 Å². The molecule has 20 heavy (non-hydrogen) atoms. The van der Waals surface area contributed by atoms with Gasteiger partial charge in [0.05, 0.1) is 6.61 Å². The molecule has 0 aliphatic heterocycles. The van der Waals surface area contributed by atoms with Crippen molar-refractivity contribution in [2.45, 2.75) is 52.0 Å². The van der Waals surface area contributed by atoms with Crippen LogP contribution in [0.25, 0.3) is 0 Å². The number of hydrogen-bond donors (Lipinski definition) is 2. The zero-order valence-electron chi connectivity index (χ0n) is 12.8. The second-order valence-corrected chi connectivity index (χ2v) is 5.69. The number of nitrogens with one attached hydrogen (secondary N) is 1. The zero-order chi connectivity index (χ0) is 14.5. The maximum Gasteiger partial charge on any atom is 0.137 e. The Labute approximate surface area is 121 Å². The number of aliphatic hydroxyl groups excluding tert-OH is 1. The highest BCUT2D eigenvalue weighted by Gasteiger charge is 2.32. The molecule has 5 heteroatoms. The number of rotatable bonds is 8. The van der Waals surface area contributed by atoms with E-state index in [4.69, 9.17) is 0 Å². The van der Waals surface area contributed by atoms with Crippen molar-refractivity contribution < 1.29 is 5.11 Å². The Bertz CT molecular complexity index is 432. The molecule has 0 atom stereocenters.